The zero-order chi connectivity index (χ0) is 9.97. The fraction of sp³-hybridized carbons (Fsp3) is 0.600. The van der Waals surface area contributed by atoms with E-state index in [1.165, 1.54) is 12.8 Å². The maximum atomic E-state index is 5.66. The first kappa shape index (κ1) is 9.24. The van der Waals surface area contributed by atoms with Crippen molar-refractivity contribution in [3.63, 3.8) is 0 Å². The van der Waals surface area contributed by atoms with Crippen LogP contribution in [-0.4, -0.2) is 16.5 Å². The van der Waals surface area contributed by atoms with Crippen LogP contribution in [0.1, 0.15) is 19.8 Å². The van der Waals surface area contributed by atoms with Crippen LogP contribution < -0.4 is 11.1 Å². The molecule has 4 heteroatoms. The summed E-state index contributed by atoms with van der Waals surface area (Å²) in [6, 6.07) is 0. The fourth-order valence-corrected chi connectivity index (χ4v) is 1.77. The van der Waals surface area contributed by atoms with Gasteiger partial charge in [0.15, 0.2) is 11.6 Å². The summed E-state index contributed by atoms with van der Waals surface area (Å²) in [5.41, 5.74) is 5.66. The lowest BCUT2D eigenvalue weighted by Crippen LogP contribution is -2.09. The van der Waals surface area contributed by atoms with Crippen LogP contribution in [0.25, 0.3) is 0 Å². The maximum absolute atomic E-state index is 5.66. The zero-order valence-electron chi connectivity index (χ0n) is 8.40. The second kappa shape index (κ2) is 3.82. The van der Waals surface area contributed by atoms with Gasteiger partial charge in [-0.1, -0.05) is 13.3 Å². The second-order valence-corrected chi connectivity index (χ2v) is 3.84. The van der Waals surface area contributed by atoms with Crippen molar-refractivity contribution >= 4 is 11.6 Å². The monoisotopic (exact) mass is 192 g/mol. The first-order valence-corrected chi connectivity index (χ1v) is 5.11. The molecule has 1 aliphatic rings. The Morgan fingerprint density at radius 3 is 2.86 bits per heavy atom. The van der Waals surface area contributed by atoms with E-state index < -0.39 is 0 Å². The van der Waals surface area contributed by atoms with E-state index in [2.05, 4.69) is 22.2 Å². The highest BCUT2D eigenvalue weighted by Crippen LogP contribution is 2.40. The third-order valence-electron chi connectivity index (χ3n) is 2.85. The molecule has 0 radical (unpaired) electrons. The normalized spacial score (nSPS) is 24.6. The molecule has 0 saturated heterocycles. The second-order valence-electron chi connectivity index (χ2n) is 3.84. The standard InChI is InChI=1S/C10H16N4/c1-2-7-5-8(7)6-14-10-9(11)12-3-4-13-10/h3-4,7-8H,2,5-6H2,1H3,(H2,11,12)(H,13,14). The minimum Gasteiger partial charge on any atom is -0.381 e. The zero-order valence-corrected chi connectivity index (χ0v) is 8.40. The van der Waals surface area contributed by atoms with Crippen LogP contribution in [0.5, 0.6) is 0 Å². The van der Waals surface area contributed by atoms with E-state index in [1.807, 2.05) is 0 Å². The summed E-state index contributed by atoms with van der Waals surface area (Å²) in [5, 5.41) is 3.24. The lowest BCUT2D eigenvalue weighted by molar-refractivity contribution is 0.700. The predicted molar refractivity (Wildman–Crippen MR) is 56.8 cm³/mol. The smallest absolute Gasteiger partial charge is 0.168 e. The van der Waals surface area contributed by atoms with E-state index in [1.54, 1.807) is 12.4 Å². The van der Waals surface area contributed by atoms with Crippen molar-refractivity contribution in [2.45, 2.75) is 19.8 Å². The topological polar surface area (TPSA) is 63.8 Å². The van der Waals surface area contributed by atoms with Crippen LogP contribution in [0.2, 0.25) is 0 Å². The number of anilines is 2. The molecule has 0 spiro atoms. The lowest BCUT2D eigenvalue weighted by atomic mass is 10.2. The van der Waals surface area contributed by atoms with Crippen molar-refractivity contribution in [3.05, 3.63) is 12.4 Å². The quantitative estimate of drug-likeness (QED) is 0.759. The SMILES string of the molecule is CCC1CC1CNc1nccnc1N. The van der Waals surface area contributed by atoms with E-state index >= 15 is 0 Å². The van der Waals surface area contributed by atoms with Crippen LogP contribution in [0.15, 0.2) is 12.4 Å². The van der Waals surface area contributed by atoms with Crippen molar-refractivity contribution in [1.82, 2.24) is 9.97 Å². The third kappa shape index (κ3) is 1.95. The molecule has 14 heavy (non-hydrogen) atoms. The number of hydrogen-bond acceptors (Lipinski definition) is 4. The summed E-state index contributed by atoms with van der Waals surface area (Å²) in [6.07, 6.45) is 5.88. The summed E-state index contributed by atoms with van der Waals surface area (Å²) in [6.45, 7) is 3.21. The van der Waals surface area contributed by atoms with Gasteiger partial charge >= 0.3 is 0 Å². The van der Waals surface area contributed by atoms with Crippen LogP contribution in [0.4, 0.5) is 11.6 Å². The molecule has 1 aromatic heterocycles. The van der Waals surface area contributed by atoms with Crippen LogP contribution >= 0.6 is 0 Å². The molecule has 1 aromatic rings. The number of nitrogens with two attached hydrogens (primary N) is 1. The Balaban J connectivity index is 1.84. The van der Waals surface area contributed by atoms with E-state index in [0.29, 0.717) is 11.6 Å². The van der Waals surface area contributed by atoms with E-state index in [9.17, 15) is 0 Å². The Morgan fingerprint density at radius 1 is 1.43 bits per heavy atom. The van der Waals surface area contributed by atoms with Gasteiger partial charge in [-0.2, -0.15) is 0 Å². The molecule has 1 heterocycles. The molecule has 2 atom stereocenters. The van der Waals surface area contributed by atoms with Crippen LogP contribution in [-0.2, 0) is 0 Å². The minimum absolute atomic E-state index is 0.487. The molecule has 1 fully saturated rings. The number of hydrogen-bond donors (Lipinski definition) is 2. The number of nitrogens with zero attached hydrogens (tertiary/aromatic N) is 2. The van der Waals surface area contributed by atoms with Crippen molar-refractivity contribution in [2.75, 3.05) is 17.6 Å². The Morgan fingerprint density at radius 2 is 2.21 bits per heavy atom. The maximum Gasteiger partial charge on any atom is 0.168 e. The summed E-state index contributed by atoms with van der Waals surface area (Å²) in [5.74, 6) is 2.91. The Hall–Kier alpha value is -1.32. The van der Waals surface area contributed by atoms with Gasteiger partial charge in [-0.15, -0.1) is 0 Å². The lowest BCUT2D eigenvalue weighted by Gasteiger charge is -2.05. The fourth-order valence-electron chi connectivity index (χ4n) is 1.77. The number of nitrogens with one attached hydrogen (secondary N) is 1. The molecule has 1 saturated carbocycles. The van der Waals surface area contributed by atoms with E-state index in [-0.39, 0.29) is 0 Å². The molecule has 2 rings (SSSR count). The molecular formula is C10H16N4. The van der Waals surface area contributed by atoms with Crippen LogP contribution in [0, 0.1) is 11.8 Å². The Labute approximate surface area is 83.9 Å². The van der Waals surface area contributed by atoms with Gasteiger partial charge in [0, 0.05) is 18.9 Å². The van der Waals surface area contributed by atoms with Crippen LogP contribution in [0.3, 0.4) is 0 Å². The highest BCUT2D eigenvalue weighted by Gasteiger charge is 2.34. The largest absolute Gasteiger partial charge is 0.381 e. The molecule has 3 N–H and O–H groups in total. The highest BCUT2D eigenvalue weighted by atomic mass is 15.1. The van der Waals surface area contributed by atoms with Crippen molar-refractivity contribution in [2.24, 2.45) is 11.8 Å². The van der Waals surface area contributed by atoms with Gasteiger partial charge in [0.2, 0.25) is 0 Å². The predicted octanol–water partition coefficient (Wildman–Crippen LogP) is 1.52. The molecular weight excluding hydrogens is 176 g/mol. The average Bonchev–Trinajstić information content (AvgIpc) is 2.95. The third-order valence-corrected chi connectivity index (χ3v) is 2.85. The Bertz CT molecular complexity index is 313. The number of aromatic nitrogens is 2. The first-order valence-electron chi connectivity index (χ1n) is 5.11. The van der Waals surface area contributed by atoms with Gasteiger partial charge in [-0.3, -0.25) is 0 Å². The summed E-state index contributed by atoms with van der Waals surface area (Å²) in [4.78, 5) is 8.10. The molecule has 0 amide bonds. The molecule has 0 aliphatic heterocycles. The molecule has 1 aliphatic carbocycles. The molecule has 76 valence electrons. The number of rotatable bonds is 4. The van der Waals surface area contributed by atoms with E-state index in [0.717, 1.165) is 18.4 Å². The highest BCUT2D eigenvalue weighted by molar-refractivity contribution is 5.54. The van der Waals surface area contributed by atoms with Gasteiger partial charge in [0.1, 0.15) is 0 Å². The molecule has 0 aromatic carbocycles. The van der Waals surface area contributed by atoms with Crippen molar-refractivity contribution in [1.29, 1.82) is 0 Å². The van der Waals surface area contributed by atoms with Gasteiger partial charge < -0.3 is 11.1 Å². The van der Waals surface area contributed by atoms with Gasteiger partial charge in [-0.25, -0.2) is 9.97 Å². The first-order chi connectivity index (χ1) is 6.81. The molecule has 0 bridgehead atoms. The summed E-state index contributed by atoms with van der Waals surface area (Å²) in [7, 11) is 0. The average molecular weight is 192 g/mol. The van der Waals surface area contributed by atoms with Gasteiger partial charge in [-0.05, 0) is 18.3 Å². The van der Waals surface area contributed by atoms with Crippen molar-refractivity contribution < 1.29 is 0 Å². The molecule has 2 unspecified atom stereocenters. The summed E-state index contributed by atoms with van der Waals surface area (Å²) >= 11 is 0. The van der Waals surface area contributed by atoms with Crippen molar-refractivity contribution in [3.8, 4) is 0 Å². The van der Waals surface area contributed by atoms with Gasteiger partial charge in [0.05, 0.1) is 0 Å². The minimum atomic E-state index is 0.487. The Kier molecular flexibility index (Phi) is 2.52. The summed E-state index contributed by atoms with van der Waals surface area (Å²) < 4.78 is 0. The molecule has 4 nitrogen and oxygen atoms in total. The van der Waals surface area contributed by atoms with Gasteiger partial charge in [0.25, 0.3) is 0 Å². The number of nitrogen functional groups attached to an aromatic ring is 1. The van der Waals surface area contributed by atoms with E-state index in [4.69, 9.17) is 5.73 Å².